The quantitative estimate of drug-likeness (QED) is 0.689. The Morgan fingerprint density at radius 3 is 2.68 bits per heavy atom. The highest BCUT2D eigenvalue weighted by molar-refractivity contribution is 5.86. The van der Waals surface area contributed by atoms with Crippen LogP contribution < -0.4 is 9.47 Å². The summed E-state index contributed by atoms with van der Waals surface area (Å²) in [6.07, 6.45) is 3.83. The molecule has 1 aliphatic heterocycles. The van der Waals surface area contributed by atoms with Gasteiger partial charge in [-0.1, -0.05) is 11.2 Å². The predicted octanol–water partition coefficient (Wildman–Crippen LogP) is 2.66. The van der Waals surface area contributed by atoms with Crippen molar-refractivity contribution in [1.82, 2.24) is 4.90 Å². The molecule has 2 aliphatic rings. The molecule has 1 aromatic carbocycles. The van der Waals surface area contributed by atoms with Crippen LogP contribution in [0.1, 0.15) is 31.2 Å². The van der Waals surface area contributed by atoms with Crippen LogP contribution in [0, 0.1) is 0 Å². The average Bonchev–Trinajstić information content (AvgIpc) is 2.91. The summed E-state index contributed by atoms with van der Waals surface area (Å²) in [6.45, 7) is 1.07. The maximum absolute atomic E-state index is 9.14. The van der Waals surface area contributed by atoms with Crippen molar-refractivity contribution in [2.75, 3.05) is 27.8 Å². The lowest BCUT2D eigenvalue weighted by Gasteiger charge is -2.42. The number of fused-ring (bicyclic) bond motifs is 1. The molecule has 0 aromatic heterocycles. The third-order valence-corrected chi connectivity index (χ3v) is 5.47. The van der Waals surface area contributed by atoms with Crippen LogP contribution in [0.2, 0.25) is 0 Å². The van der Waals surface area contributed by atoms with Gasteiger partial charge in [-0.3, -0.25) is 0 Å². The van der Waals surface area contributed by atoms with Gasteiger partial charge in [0.15, 0.2) is 11.5 Å². The molecule has 5 heteroatoms. The van der Waals surface area contributed by atoms with E-state index >= 15 is 0 Å². The minimum atomic E-state index is 0.114. The van der Waals surface area contributed by atoms with Gasteiger partial charge in [-0.2, -0.15) is 0 Å². The van der Waals surface area contributed by atoms with E-state index < -0.39 is 0 Å². The number of likely N-dealkylation sites (N-methyl/N-ethyl adjacent to an activating group) is 1. The Hall–Kier alpha value is -1.75. The Morgan fingerprint density at radius 1 is 1.23 bits per heavy atom. The fourth-order valence-electron chi connectivity index (χ4n) is 4.17. The maximum Gasteiger partial charge on any atom is 0.161 e. The second-order valence-electron chi connectivity index (χ2n) is 6.34. The van der Waals surface area contributed by atoms with Gasteiger partial charge in [0.25, 0.3) is 0 Å². The van der Waals surface area contributed by atoms with Gasteiger partial charge in [-0.05, 0) is 50.6 Å². The first kappa shape index (κ1) is 15.2. The highest BCUT2D eigenvalue weighted by Crippen LogP contribution is 2.49. The summed E-state index contributed by atoms with van der Waals surface area (Å²) in [5, 5.41) is 12.6. The first-order valence-corrected chi connectivity index (χ1v) is 7.77. The van der Waals surface area contributed by atoms with Crippen LogP contribution in [-0.2, 0) is 5.41 Å². The summed E-state index contributed by atoms with van der Waals surface area (Å²) >= 11 is 0. The van der Waals surface area contributed by atoms with Crippen molar-refractivity contribution < 1.29 is 14.7 Å². The molecule has 1 saturated carbocycles. The Morgan fingerprint density at radius 2 is 2.00 bits per heavy atom. The van der Waals surface area contributed by atoms with E-state index in [4.69, 9.17) is 14.7 Å². The number of likely N-dealkylation sites (tertiary alicyclic amines) is 1. The zero-order valence-corrected chi connectivity index (χ0v) is 13.5. The van der Waals surface area contributed by atoms with E-state index in [0.29, 0.717) is 6.04 Å². The number of hydrogen-bond donors (Lipinski definition) is 1. The van der Waals surface area contributed by atoms with Crippen LogP contribution in [0.25, 0.3) is 0 Å². The molecule has 2 unspecified atom stereocenters. The Kier molecular flexibility index (Phi) is 4.00. The van der Waals surface area contributed by atoms with E-state index in [1.54, 1.807) is 14.2 Å². The molecule has 120 valence electrons. The molecule has 1 N–H and O–H groups in total. The summed E-state index contributed by atoms with van der Waals surface area (Å²) < 4.78 is 10.8. The van der Waals surface area contributed by atoms with Gasteiger partial charge in [0.2, 0.25) is 0 Å². The number of benzene rings is 1. The van der Waals surface area contributed by atoms with Crippen LogP contribution in [0.3, 0.4) is 0 Å². The van der Waals surface area contributed by atoms with Crippen LogP contribution in [-0.4, -0.2) is 49.7 Å². The lowest BCUT2D eigenvalue weighted by atomic mass is 9.65. The van der Waals surface area contributed by atoms with Gasteiger partial charge in [0.1, 0.15) is 0 Å². The number of nitrogens with zero attached hydrogens (tertiary/aromatic N) is 2. The van der Waals surface area contributed by atoms with Crippen LogP contribution >= 0.6 is 0 Å². The maximum atomic E-state index is 9.14. The number of oxime groups is 1. The molecule has 0 bridgehead atoms. The minimum Gasteiger partial charge on any atom is -0.493 e. The molecule has 1 aliphatic carbocycles. The standard InChI is InChI=1S/C17H24N2O3/c1-19-9-8-17(7-6-13(18-20)11-16(17)19)12-4-5-14(21-2)15(10-12)22-3/h4-5,10,16,20H,6-9,11H2,1-3H3/b18-13+. The van der Waals surface area contributed by atoms with E-state index in [-0.39, 0.29) is 5.41 Å². The number of rotatable bonds is 3. The zero-order valence-electron chi connectivity index (χ0n) is 13.5. The van der Waals surface area contributed by atoms with Gasteiger partial charge >= 0.3 is 0 Å². The predicted molar refractivity (Wildman–Crippen MR) is 85.3 cm³/mol. The van der Waals surface area contributed by atoms with Gasteiger partial charge < -0.3 is 19.6 Å². The summed E-state index contributed by atoms with van der Waals surface area (Å²) in [6, 6.07) is 6.65. The summed E-state index contributed by atoms with van der Waals surface area (Å²) in [5.41, 5.74) is 2.33. The molecule has 3 rings (SSSR count). The van der Waals surface area contributed by atoms with E-state index in [1.165, 1.54) is 5.56 Å². The molecule has 22 heavy (non-hydrogen) atoms. The van der Waals surface area contributed by atoms with E-state index in [9.17, 15) is 0 Å². The van der Waals surface area contributed by atoms with Crippen molar-refractivity contribution in [3.63, 3.8) is 0 Å². The lowest BCUT2D eigenvalue weighted by molar-refractivity contribution is 0.220. The largest absolute Gasteiger partial charge is 0.493 e. The molecule has 1 saturated heterocycles. The number of methoxy groups -OCH3 is 2. The fraction of sp³-hybridized carbons (Fsp3) is 0.588. The Bertz CT molecular complexity index is 587. The van der Waals surface area contributed by atoms with Crippen molar-refractivity contribution in [3.05, 3.63) is 23.8 Å². The third kappa shape index (κ3) is 2.24. The molecule has 1 heterocycles. The molecule has 2 atom stereocenters. The topological polar surface area (TPSA) is 54.3 Å². The smallest absolute Gasteiger partial charge is 0.161 e. The molecular weight excluding hydrogens is 280 g/mol. The number of ether oxygens (including phenoxy) is 2. The molecule has 5 nitrogen and oxygen atoms in total. The van der Waals surface area contributed by atoms with Crippen molar-refractivity contribution in [2.45, 2.75) is 37.1 Å². The zero-order chi connectivity index (χ0) is 15.7. The first-order valence-electron chi connectivity index (χ1n) is 7.77. The normalized spacial score (nSPS) is 30.3. The van der Waals surface area contributed by atoms with E-state index in [2.05, 4.69) is 29.2 Å². The lowest BCUT2D eigenvalue weighted by Crippen LogP contribution is -2.46. The second kappa shape index (κ2) is 5.80. The summed E-state index contributed by atoms with van der Waals surface area (Å²) in [5.74, 6) is 1.54. The fourth-order valence-corrected chi connectivity index (χ4v) is 4.17. The molecule has 0 spiro atoms. The third-order valence-electron chi connectivity index (χ3n) is 5.47. The van der Waals surface area contributed by atoms with Gasteiger partial charge in [-0.15, -0.1) is 0 Å². The number of hydrogen-bond acceptors (Lipinski definition) is 5. The monoisotopic (exact) mass is 304 g/mol. The molecule has 0 amide bonds. The molecule has 0 radical (unpaired) electrons. The molecule has 2 fully saturated rings. The Labute approximate surface area is 131 Å². The van der Waals surface area contributed by atoms with Crippen LogP contribution in [0.5, 0.6) is 11.5 Å². The SMILES string of the molecule is COc1ccc(C23CC/C(=N\O)CC2N(C)CC3)cc1OC. The second-order valence-corrected chi connectivity index (χ2v) is 6.34. The van der Waals surface area contributed by atoms with Crippen molar-refractivity contribution in [2.24, 2.45) is 5.16 Å². The van der Waals surface area contributed by atoms with E-state index in [0.717, 1.165) is 49.4 Å². The molecular formula is C17H24N2O3. The van der Waals surface area contributed by atoms with Gasteiger partial charge in [-0.25, -0.2) is 0 Å². The van der Waals surface area contributed by atoms with Gasteiger partial charge in [0, 0.05) is 17.9 Å². The Balaban J connectivity index is 2.01. The van der Waals surface area contributed by atoms with Crippen molar-refractivity contribution in [1.29, 1.82) is 0 Å². The van der Waals surface area contributed by atoms with Crippen LogP contribution in [0.15, 0.2) is 23.4 Å². The first-order chi connectivity index (χ1) is 10.6. The summed E-state index contributed by atoms with van der Waals surface area (Å²) in [4.78, 5) is 2.39. The minimum absolute atomic E-state index is 0.114. The van der Waals surface area contributed by atoms with Crippen molar-refractivity contribution >= 4 is 5.71 Å². The van der Waals surface area contributed by atoms with Gasteiger partial charge in [0.05, 0.1) is 19.9 Å². The summed E-state index contributed by atoms with van der Waals surface area (Å²) in [7, 11) is 5.50. The average molecular weight is 304 g/mol. The van der Waals surface area contributed by atoms with Crippen molar-refractivity contribution in [3.8, 4) is 11.5 Å². The highest BCUT2D eigenvalue weighted by Gasteiger charge is 2.49. The van der Waals surface area contributed by atoms with E-state index in [1.807, 2.05) is 6.07 Å². The van der Waals surface area contributed by atoms with Crippen LogP contribution in [0.4, 0.5) is 0 Å². The highest BCUT2D eigenvalue weighted by atomic mass is 16.5. The molecule has 1 aromatic rings.